The van der Waals surface area contributed by atoms with Gasteiger partial charge in [-0.3, -0.25) is 4.90 Å². The lowest BCUT2D eigenvalue weighted by atomic mass is 10.2. The lowest BCUT2D eigenvalue weighted by Crippen LogP contribution is -2.49. The van der Waals surface area contributed by atoms with Crippen molar-refractivity contribution in [2.24, 2.45) is 0 Å². The van der Waals surface area contributed by atoms with E-state index in [1.54, 1.807) is 0 Å². The number of piperazine rings is 1. The van der Waals surface area contributed by atoms with Crippen molar-refractivity contribution in [3.63, 3.8) is 0 Å². The number of nitrogens with zero attached hydrogens (tertiary/aromatic N) is 2. The Kier molecular flexibility index (Phi) is 3.81. The van der Waals surface area contributed by atoms with Gasteiger partial charge >= 0.3 is 0 Å². The SMILES string of the molecule is c1ccc(N2CCN(C[C@@H]3CCCN3)CC2)cc1. The minimum atomic E-state index is 0.744. The molecule has 0 saturated carbocycles. The summed E-state index contributed by atoms with van der Waals surface area (Å²) in [6.07, 6.45) is 2.72. The highest BCUT2D eigenvalue weighted by Crippen LogP contribution is 2.16. The maximum absolute atomic E-state index is 3.59. The molecule has 3 heteroatoms. The van der Waals surface area contributed by atoms with Gasteiger partial charge in [-0.2, -0.15) is 0 Å². The van der Waals surface area contributed by atoms with Gasteiger partial charge in [-0.1, -0.05) is 18.2 Å². The molecule has 18 heavy (non-hydrogen) atoms. The third-order valence-corrected chi connectivity index (χ3v) is 4.13. The molecule has 2 aliphatic heterocycles. The molecule has 0 amide bonds. The number of para-hydroxylation sites is 1. The molecule has 0 bridgehead atoms. The molecule has 1 aromatic rings. The summed E-state index contributed by atoms with van der Waals surface area (Å²) in [6, 6.07) is 11.5. The predicted molar refractivity (Wildman–Crippen MR) is 76.1 cm³/mol. The Morgan fingerprint density at radius 3 is 2.50 bits per heavy atom. The minimum Gasteiger partial charge on any atom is -0.369 e. The largest absolute Gasteiger partial charge is 0.369 e. The maximum atomic E-state index is 3.59. The third-order valence-electron chi connectivity index (χ3n) is 4.13. The molecule has 98 valence electrons. The summed E-state index contributed by atoms with van der Waals surface area (Å²) in [4.78, 5) is 5.11. The van der Waals surface area contributed by atoms with Crippen molar-refractivity contribution in [2.45, 2.75) is 18.9 Å². The molecule has 1 aromatic carbocycles. The molecule has 0 unspecified atom stereocenters. The van der Waals surface area contributed by atoms with Crippen molar-refractivity contribution in [1.29, 1.82) is 0 Å². The van der Waals surface area contributed by atoms with E-state index < -0.39 is 0 Å². The molecular formula is C15H23N3. The molecule has 2 heterocycles. The van der Waals surface area contributed by atoms with Crippen molar-refractivity contribution in [3.8, 4) is 0 Å². The van der Waals surface area contributed by atoms with Gasteiger partial charge < -0.3 is 10.2 Å². The average molecular weight is 245 g/mol. The Hall–Kier alpha value is -1.06. The molecule has 2 saturated heterocycles. The van der Waals surface area contributed by atoms with E-state index in [0.29, 0.717) is 0 Å². The molecule has 2 fully saturated rings. The fourth-order valence-electron chi connectivity index (χ4n) is 3.05. The van der Waals surface area contributed by atoms with Gasteiger partial charge in [0, 0.05) is 44.5 Å². The number of rotatable bonds is 3. The van der Waals surface area contributed by atoms with Crippen LogP contribution in [0.3, 0.4) is 0 Å². The van der Waals surface area contributed by atoms with E-state index in [2.05, 4.69) is 45.4 Å². The number of hydrogen-bond acceptors (Lipinski definition) is 3. The van der Waals surface area contributed by atoms with Crippen LogP contribution in [0.5, 0.6) is 0 Å². The van der Waals surface area contributed by atoms with Gasteiger partial charge in [0.15, 0.2) is 0 Å². The van der Waals surface area contributed by atoms with Crippen LogP contribution in [-0.2, 0) is 0 Å². The number of benzene rings is 1. The molecule has 0 aromatic heterocycles. The van der Waals surface area contributed by atoms with Crippen molar-refractivity contribution in [2.75, 3.05) is 44.2 Å². The Balaban J connectivity index is 1.49. The summed E-state index contributed by atoms with van der Waals surface area (Å²) in [6.45, 7) is 7.19. The van der Waals surface area contributed by atoms with E-state index in [0.717, 1.165) is 19.1 Å². The first kappa shape index (κ1) is 12.0. The highest BCUT2D eigenvalue weighted by atomic mass is 15.3. The van der Waals surface area contributed by atoms with Gasteiger partial charge in [0.2, 0.25) is 0 Å². The zero-order valence-electron chi connectivity index (χ0n) is 11.0. The van der Waals surface area contributed by atoms with E-state index in [9.17, 15) is 0 Å². The van der Waals surface area contributed by atoms with E-state index in [1.165, 1.54) is 44.7 Å². The van der Waals surface area contributed by atoms with Crippen LogP contribution in [0.4, 0.5) is 5.69 Å². The first-order valence-electron chi connectivity index (χ1n) is 7.17. The molecule has 1 atom stereocenters. The van der Waals surface area contributed by atoms with Gasteiger partial charge in [0.05, 0.1) is 0 Å². The second-order valence-corrected chi connectivity index (χ2v) is 5.42. The summed E-state index contributed by atoms with van der Waals surface area (Å²) in [5.74, 6) is 0. The summed E-state index contributed by atoms with van der Waals surface area (Å²) in [5.41, 5.74) is 1.37. The topological polar surface area (TPSA) is 18.5 Å². The van der Waals surface area contributed by atoms with Crippen molar-refractivity contribution in [1.82, 2.24) is 10.2 Å². The van der Waals surface area contributed by atoms with Crippen LogP contribution in [-0.4, -0.2) is 50.2 Å². The Morgan fingerprint density at radius 2 is 1.83 bits per heavy atom. The van der Waals surface area contributed by atoms with Gasteiger partial charge in [0.25, 0.3) is 0 Å². The van der Waals surface area contributed by atoms with Gasteiger partial charge in [0.1, 0.15) is 0 Å². The Labute approximate surface area is 110 Å². The van der Waals surface area contributed by atoms with E-state index in [4.69, 9.17) is 0 Å². The van der Waals surface area contributed by atoms with Crippen LogP contribution in [0, 0.1) is 0 Å². The number of hydrogen-bond donors (Lipinski definition) is 1. The average Bonchev–Trinajstić information content (AvgIpc) is 2.94. The van der Waals surface area contributed by atoms with Crippen LogP contribution in [0.1, 0.15) is 12.8 Å². The van der Waals surface area contributed by atoms with Crippen LogP contribution < -0.4 is 10.2 Å². The third kappa shape index (κ3) is 2.85. The maximum Gasteiger partial charge on any atom is 0.0367 e. The Morgan fingerprint density at radius 1 is 1.06 bits per heavy atom. The highest BCUT2D eigenvalue weighted by molar-refractivity contribution is 5.46. The van der Waals surface area contributed by atoms with Crippen molar-refractivity contribution >= 4 is 5.69 Å². The summed E-state index contributed by atoms with van der Waals surface area (Å²) >= 11 is 0. The molecular weight excluding hydrogens is 222 g/mol. The minimum absolute atomic E-state index is 0.744. The summed E-state index contributed by atoms with van der Waals surface area (Å²) in [7, 11) is 0. The quantitative estimate of drug-likeness (QED) is 0.872. The first-order chi connectivity index (χ1) is 8.92. The molecule has 3 rings (SSSR count). The number of anilines is 1. The molecule has 0 aliphatic carbocycles. The van der Waals surface area contributed by atoms with E-state index in [1.807, 2.05) is 0 Å². The van der Waals surface area contributed by atoms with Crippen LogP contribution in [0.2, 0.25) is 0 Å². The van der Waals surface area contributed by atoms with Crippen molar-refractivity contribution < 1.29 is 0 Å². The predicted octanol–water partition coefficient (Wildman–Crippen LogP) is 1.56. The molecule has 0 radical (unpaired) electrons. The number of nitrogens with one attached hydrogen (secondary N) is 1. The lowest BCUT2D eigenvalue weighted by Gasteiger charge is -2.37. The second kappa shape index (κ2) is 5.72. The summed E-state index contributed by atoms with van der Waals surface area (Å²) in [5, 5.41) is 3.59. The monoisotopic (exact) mass is 245 g/mol. The molecule has 3 nitrogen and oxygen atoms in total. The normalized spacial score (nSPS) is 25.6. The van der Waals surface area contributed by atoms with E-state index in [-0.39, 0.29) is 0 Å². The standard InChI is InChI=1S/C15H23N3/c1-2-6-15(7-3-1)18-11-9-17(10-12-18)13-14-5-4-8-16-14/h1-3,6-7,14,16H,4-5,8-13H2/t14-/m0/s1. The zero-order valence-corrected chi connectivity index (χ0v) is 11.0. The Bertz CT molecular complexity index is 351. The highest BCUT2D eigenvalue weighted by Gasteiger charge is 2.21. The van der Waals surface area contributed by atoms with Gasteiger partial charge in [-0.25, -0.2) is 0 Å². The van der Waals surface area contributed by atoms with Crippen molar-refractivity contribution in [3.05, 3.63) is 30.3 Å². The van der Waals surface area contributed by atoms with E-state index >= 15 is 0 Å². The fraction of sp³-hybridized carbons (Fsp3) is 0.600. The molecule has 0 spiro atoms. The molecule has 1 N–H and O–H groups in total. The van der Waals surface area contributed by atoms with Crippen LogP contribution >= 0.6 is 0 Å². The lowest BCUT2D eigenvalue weighted by molar-refractivity contribution is 0.236. The second-order valence-electron chi connectivity index (χ2n) is 5.42. The fourth-order valence-corrected chi connectivity index (χ4v) is 3.05. The summed E-state index contributed by atoms with van der Waals surface area (Å²) < 4.78 is 0. The zero-order chi connectivity index (χ0) is 12.2. The van der Waals surface area contributed by atoms with Crippen LogP contribution in [0.25, 0.3) is 0 Å². The smallest absolute Gasteiger partial charge is 0.0367 e. The first-order valence-corrected chi connectivity index (χ1v) is 7.17. The van der Waals surface area contributed by atoms with Gasteiger partial charge in [-0.05, 0) is 31.5 Å². The molecule has 2 aliphatic rings. The van der Waals surface area contributed by atoms with Crippen LogP contribution in [0.15, 0.2) is 30.3 Å². The van der Waals surface area contributed by atoms with Gasteiger partial charge in [-0.15, -0.1) is 0 Å².